The van der Waals surface area contributed by atoms with Crippen LogP contribution in [0.2, 0.25) is 5.02 Å². The minimum atomic E-state index is -0.750. The Morgan fingerprint density at radius 3 is 2.50 bits per heavy atom. The number of benzene rings is 1. The molecule has 20 heavy (non-hydrogen) atoms. The molecule has 1 amide bonds. The van der Waals surface area contributed by atoms with Gasteiger partial charge in [0, 0.05) is 17.1 Å². The van der Waals surface area contributed by atoms with E-state index >= 15 is 0 Å². The first-order valence-corrected chi connectivity index (χ1v) is 7.64. The van der Waals surface area contributed by atoms with Gasteiger partial charge in [-0.25, -0.2) is 0 Å². The quantitative estimate of drug-likeness (QED) is 0.839. The largest absolute Gasteiger partial charge is 0.388 e. The monoisotopic (exact) mass is 295 g/mol. The van der Waals surface area contributed by atoms with Crippen LogP contribution in [0.15, 0.2) is 18.2 Å². The van der Waals surface area contributed by atoms with Gasteiger partial charge in [0.15, 0.2) is 0 Å². The van der Waals surface area contributed by atoms with E-state index in [2.05, 4.69) is 5.32 Å². The lowest BCUT2D eigenvalue weighted by Crippen LogP contribution is -2.42. The van der Waals surface area contributed by atoms with Gasteiger partial charge in [0.25, 0.3) is 5.91 Å². The molecule has 0 aromatic heterocycles. The number of halogens is 1. The van der Waals surface area contributed by atoms with Crippen molar-refractivity contribution in [2.75, 3.05) is 6.54 Å². The highest BCUT2D eigenvalue weighted by Crippen LogP contribution is 2.26. The zero-order chi connectivity index (χ0) is 14.6. The Labute approximate surface area is 125 Å². The predicted octanol–water partition coefficient (Wildman–Crippen LogP) is 3.46. The Balaban J connectivity index is 1.97. The number of hydrogen-bond acceptors (Lipinski definition) is 2. The van der Waals surface area contributed by atoms with Crippen LogP contribution in [-0.4, -0.2) is 23.2 Å². The lowest BCUT2D eigenvalue weighted by molar-refractivity contribution is 0.0246. The van der Waals surface area contributed by atoms with Crippen molar-refractivity contribution in [1.82, 2.24) is 5.32 Å². The SMILES string of the molecule is Cc1cc(Cl)cc(C(=O)NCC2(O)CCCCCC2)c1. The molecule has 4 heteroatoms. The molecule has 0 atom stereocenters. The van der Waals surface area contributed by atoms with E-state index < -0.39 is 5.60 Å². The van der Waals surface area contributed by atoms with E-state index in [1.54, 1.807) is 12.1 Å². The zero-order valence-corrected chi connectivity index (χ0v) is 12.7. The fourth-order valence-electron chi connectivity index (χ4n) is 2.78. The lowest BCUT2D eigenvalue weighted by atomic mass is 9.94. The number of aryl methyl sites for hydroxylation is 1. The van der Waals surface area contributed by atoms with Gasteiger partial charge in [-0.1, -0.05) is 37.3 Å². The minimum absolute atomic E-state index is 0.173. The van der Waals surface area contributed by atoms with Gasteiger partial charge in [0.05, 0.1) is 5.60 Å². The molecule has 0 aliphatic heterocycles. The van der Waals surface area contributed by atoms with E-state index in [0.717, 1.165) is 31.2 Å². The van der Waals surface area contributed by atoms with Crippen molar-refractivity contribution in [1.29, 1.82) is 0 Å². The van der Waals surface area contributed by atoms with Crippen LogP contribution >= 0.6 is 11.6 Å². The molecule has 3 nitrogen and oxygen atoms in total. The summed E-state index contributed by atoms with van der Waals surface area (Å²) >= 11 is 5.96. The van der Waals surface area contributed by atoms with Crippen molar-refractivity contribution in [3.05, 3.63) is 34.3 Å². The maximum Gasteiger partial charge on any atom is 0.251 e. The number of amides is 1. The van der Waals surface area contributed by atoms with E-state index in [-0.39, 0.29) is 5.91 Å². The molecule has 110 valence electrons. The van der Waals surface area contributed by atoms with Gasteiger partial charge in [0.2, 0.25) is 0 Å². The third-order valence-corrected chi connectivity index (χ3v) is 4.13. The predicted molar refractivity (Wildman–Crippen MR) is 81.2 cm³/mol. The molecule has 2 rings (SSSR count). The molecule has 1 aliphatic rings. The van der Waals surface area contributed by atoms with Crippen molar-refractivity contribution in [2.45, 2.75) is 51.0 Å². The number of rotatable bonds is 3. The number of aliphatic hydroxyl groups is 1. The normalized spacial score (nSPS) is 18.4. The van der Waals surface area contributed by atoms with E-state index in [4.69, 9.17) is 11.6 Å². The Kier molecular flexibility index (Phi) is 5.06. The molecular weight excluding hydrogens is 274 g/mol. The Hall–Kier alpha value is -1.06. The molecular formula is C16H22ClNO2. The Morgan fingerprint density at radius 2 is 1.90 bits per heavy atom. The van der Waals surface area contributed by atoms with E-state index in [1.165, 1.54) is 12.8 Å². The van der Waals surface area contributed by atoms with Crippen molar-refractivity contribution in [3.63, 3.8) is 0 Å². The highest BCUT2D eigenvalue weighted by atomic mass is 35.5. The van der Waals surface area contributed by atoms with Crippen LogP contribution in [0.25, 0.3) is 0 Å². The van der Waals surface area contributed by atoms with E-state index in [0.29, 0.717) is 17.1 Å². The fourth-order valence-corrected chi connectivity index (χ4v) is 3.07. The molecule has 2 N–H and O–H groups in total. The summed E-state index contributed by atoms with van der Waals surface area (Å²) in [7, 11) is 0. The molecule has 0 saturated heterocycles. The van der Waals surface area contributed by atoms with Gasteiger partial charge >= 0.3 is 0 Å². The number of carbonyl (C=O) groups is 1. The highest BCUT2D eigenvalue weighted by molar-refractivity contribution is 6.31. The van der Waals surface area contributed by atoms with Crippen LogP contribution in [-0.2, 0) is 0 Å². The highest BCUT2D eigenvalue weighted by Gasteiger charge is 2.28. The average Bonchev–Trinajstić information content (AvgIpc) is 2.60. The third kappa shape index (κ3) is 4.22. The second-order valence-electron chi connectivity index (χ2n) is 5.84. The van der Waals surface area contributed by atoms with Crippen molar-refractivity contribution >= 4 is 17.5 Å². The van der Waals surface area contributed by atoms with E-state index in [1.807, 2.05) is 13.0 Å². The Bertz CT molecular complexity index is 459. The molecule has 0 heterocycles. The summed E-state index contributed by atoms with van der Waals surface area (Å²) in [6, 6.07) is 5.27. The van der Waals surface area contributed by atoms with Crippen LogP contribution in [0.5, 0.6) is 0 Å². The summed E-state index contributed by atoms with van der Waals surface area (Å²) in [6.07, 6.45) is 5.93. The zero-order valence-electron chi connectivity index (χ0n) is 11.9. The average molecular weight is 296 g/mol. The minimum Gasteiger partial charge on any atom is -0.388 e. The number of carbonyl (C=O) groups excluding carboxylic acids is 1. The van der Waals surface area contributed by atoms with Crippen molar-refractivity contribution in [3.8, 4) is 0 Å². The molecule has 0 unspecified atom stereocenters. The van der Waals surface area contributed by atoms with Gasteiger partial charge in [-0.3, -0.25) is 4.79 Å². The molecule has 1 aromatic rings. The van der Waals surface area contributed by atoms with Gasteiger partial charge in [-0.05, 0) is 43.5 Å². The van der Waals surface area contributed by atoms with Crippen LogP contribution in [0.3, 0.4) is 0 Å². The Morgan fingerprint density at radius 1 is 1.25 bits per heavy atom. The van der Waals surface area contributed by atoms with Crippen molar-refractivity contribution in [2.24, 2.45) is 0 Å². The summed E-state index contributed by atoms with van der Waals surface area (Å²) in [5.41, 5.74) is 0.753. The number of nitrogens with one attached hydrogen (secondary N) is 1. The molecule has 1 fully saturated rings. The first-order valence-electron chi connectivity index (χ1n) is 7.26. The second kappa shape index (κ2) is 6.59. The molecule has 0 radical (unpaired) electrons. The van der Waals surface area contributed by atoms with Gasteiger partial charge < -0.3 is 10.4 Å². The van der Waals surface area contributed by atoms with Gasteiger partial charge in [0.1, 0.15) is 0 Å². The van der Waals surface area contributed by atoms with Crippen LogP contribution in [0.1, 0.15) is 54.4 Å². The van der Waals surface area contributed by atoms with Gasteiger partial charge in [-0.2, -0.15) is 0 Å². The lowest BCUT2D eigenvalue weighted by Gasteiger charge is -2.26. The number of hydrogen-bond donors (Lipinski definition) is 2. The molecule has 1 aliphatic carbocycles. The molecule has 1 aromatic carbocycles. The van der Waals surface area contributed by atoms with Crippen LogP contribution < -0.4 is 5.32 Å². The summed E-state index contributed by atoms with van der Waals surface area (Å²) < 4.78 is 0. The summed E-state index contributed by atoms with van der Waals surface area (Å²) in [4.78, 5) is 12.1. The third-order valence-electron chi connectivity index (χ3n) is 3.92. The summed E-state index contributed by atoms with van der Waals surface area (Å²) in [5.74, 6) is -0.173. The maximum atomic E-state index is 12.1. The maximum absolute atomic E-state index is 12.1. The first-order chi connectivity index (χ1) is 9.48. The van der Waals surface area contributed by atoms with Crippen LogP contribution in [0.4, 0.5) is 0 Å². The standard InChI is InChI=1S/C16H22ClNO2/c1-12-8-13(10-14(17)9-12)15(19)18-11-16(20)6-4-2-3-5-7-16/h8-10,20H,2-7,11H2,1H3,(H,18,19). The van der Waals surface area contributed by atoms with Crippen LogP contribution in [0, 0.1) is 6.92 Å². The summed E-state index contributed by atoms with van der Waals surface area (Å²) in [6.45, 7) is 2.22. The van der Waals surface area contributed by atoms with E-state index in [9.17, 15) is 9.90 Å². The summed E-state index contributed by atoms with van der Waals surface area (Å²) in [5, 5.41) is 13.9. The molecule has 0 spiro atoms. The van der Waals surface area contributed by atoms with Crippen molar-refractivity contribution < 1.29 is 9.90 Å². The molecule has 1 saturated carbocycles. The van der Waals surface area contributed by atoms with Gasteiger partial charge in [-0.15, -0.1) is 0 Å². The first kappa shape index (κ1) is 15.3. The smallest absolute Gasteiger partial charge is 0.251 e. The topological polar surface area (TPSA) is 49.3 Å². The second-order valence-corrected chi connectivity index (χ2v) is 6.27. The molecule has 0 bridgehead atoms. The fraction of sp³-hybridized carbons (Fsp3) is 0.562.